The third-order valence-electron chi connectivity index (χ3n) is 9.45. The lowest BCUT2D eigenvalue weighted by molar-refractivity contribution is -0.132. The van der Waals surface area contributed by atoms with Gasteiger partial charge in [0.1, 0.15) is 24.3 Å². The molecule has 322 valence electrons. The van der Waals surface area contributed by atoms with Gasteiger partial charge in [0, 0.05) is 24.8 Å². The van der Waals surface area contributed by atoms with Crippen LogP contribution in [-0.2, 0) is 38.6 Å². The number of hydrazine groups is 1. The lowest BCUT2D eigenvalue weighted by Gasteiger charge is -2.36. The van der Waals surface area contributed by atoms with Crippen molar-refractivity contribution >= 4 is 24.0 Å². The number of aliphatic hydroxyl groups excluding tert-OH is 1. The maximum atomic E-state index is 14.2. The first-order valence-corrected chi connectivity index (χ1v) is 20.2. The minimum atomic E-state index is -1.25. The minimum absolute atomic E-state index is 0.0237. The Balaban J connectivity index is 1.62. The van der Waals surface area contributed by atoms with Gasteiger partial charge in [-0.15, -0.1) is 0 Å². The highest BCUT2D eigenvalue weighted by Crippen LogP contribution is 2.23. The van der Waals surface area contributed by atoms with Crippen LogP contribution in [0.25, 0.3) is 11.3 Å². The molecule has 5 N–H and O–H groups in total. The Morgan fingerprint density at radius 2 is 1.20 bits per heavy atom. The SMILES string of the molecule is CC(C)(C)OC(=O)NC(C(=O)NC(Cc1ccccc1)C(O)CN(Cc1ccc(-c2ccccn2)cc1)NC(=O)C(NC(=O)OCc1ccccc1)C(C)(C)C)C(C)(C)C. The number of pyridine rings is 1. The van der Waals surface area contributed by atoms with Crippen molar-refractivity contribution in [2.45, 2.75) is 112 Å². The molecule has 4 amide bonds. The van der Waals surface area contributed by atoms with E-state index in [1.54, 1.807) is 32.0 Å². The van der Waals surface area contributed by atoms with Crippen LogP contribution in [0.3, 0.4) is 0 Å². The largest absolute Gasteiger partial charge is 0.445 e. The Hall–Kier alpha value is -5.79. The number of rotatable bonds is 16. The molecule has 0 spiro atoms. The maximum Gasteiger partial charge on any atom is 0.408 e. The maximum absolute atomic E-state index is 14.2. The van der Waals surface area contributed by atoms with E-state index in [0.29, 0.717) is 0 Å². The van der Waals surface area contributed by atoms with Crippen LogP contribution in [-0.4, -0.2) is 75.5 Å². The summed E-state index contributed by atoms with van der Waals surface area (Å²) < 4.78 is 10.9. The number of alkyl carbamates (subject to hydrolysis) is 2. The molecule has 4 rings (SSSR count). The van der Waals surface area contributed by atoms with E-state index in [9.17, 15) is 24.3 Å². The fourth-order valence-corrected chi connectivity index (χ4v) is 6.33. The monoisotopic (exact) mass is 822 g/mol. The standard InChI is InChI=1S/C47H62N6O7/c1-45(2,3)39(51-44(58)60-47(7,8)9)41(55)49-37(28-32-18-12-10-13-19-32)38(54)30-53(29-33-23-25-35(26-24-33)36-22-16-17-27-48-36)52-42(56)40(46(4,5)6)50-43(57)59-31-34-20-14-11-15-21-34/h10-27,37-40,54H,28-31H2,1-9H3,(H,49,55)(H,50,57)(H,51,58)(H,52,56). The summed E-state index contributed by atoms with van der Waals surface area (Å²) in [5, 5.41) is 22.1. The fourth-order valence-electron chi connectivity index (χ4n) is 6.33. The zero-order valence-electron chi connectivity index (χ0n) is 36.3. The first-order chi connectivity index (χ1) is 28.2. The molecule has 4 atom stereocenters. The molecule has 0 saturated carbocycles. The number of ether oxygens (including phenoxy) is 2. The Bertz CT molecular complexity index is 1980. The third-order valence-corrected chi connectivity index (χ3v) is 9.45. The summed E-state index contributed by atoms with van der Waals surface area (Å²) in [4.78, 5) is 58.7. The van der Waals surface area contributed by atoms with E-state index in [-0.39, 0.29) is 26.1 Å². The van der Waals surface area contributed by atoms with E-state index in [1.165, 1.54) is 0 Å². The second-order valence-electron chi connectivity index (χ2n) is 18.1. The van der Waals surface area contributed by atoms with Gasteiger partial charge < -0.3 is 30.5 Å². The molecule has 0 aliphatic heterocycles. The molecule has 13 nitrogen and oxygen atoms in total. The van der Waals surface area contributed by atoms with Crippen molar-refractivity contribution < 1.29 is 33.8 Å². The number of nitrogens with one attached hydrogen (secondary N) is 4. The Labute approximate surface area is 354 Å². The molecule has 0 bridgehead atoms. The van der Waals surface area contributed by atoms with Gasteiger partial charge in [-0.2, -0.15) is 0 Å². The number of hydrogen-bond donors (Lipinski definition) is 5. The van der Waals surface area contributed by atoms with Gasteiger partial charge in [-0.05, 0) is 66.8 Å². The van der Waals surface area contributed by atoms with Crippen molar-refractivity contribution in [3.63, 3.8) is 0 Å². The van der Waals surface area contributed by atoms with E-state index < -0.39 is 64.7 Å². The number of hydrogen-bond acceptors (Lipinski definition) is 9. The molecular formula is C47H62N6O7. The summed E-state index contributed by atoms with van der Waals surface area (Å²) in [5.41, 5.74) is 4.85. The van der Waals surface area contributed by atoms with Crippen molar-refractivity contribution in [1.82, 2.24) is 31.4 Å². The third kappa shape index (κ3) is 15.4. The van der Waals surface area contributed by atoms with Crippen LogP contribution in [0.4, 0.5) is 9.59 Å². The van der Waals surface area contributed by atoms with Gasteiger partial charge in [-0.3, -0.25) is 20.0 Å². The number of carbonyl (C=O) groups excluding carboxylic acids is 4. The highest BCUT2D eigenvalue weighted by molar-refractivity contribution is 5.87. The van der Waals surface area contributed by atoms with E-state index in [2.05, 4.69) is 26.4 Å². The summed E-state index contributed by atoms with van der Waals surface area (Å²) in [6, 6.07) is 29.0. The Morgan fingerprint density at radius 3 is 1.75 bits per heavy atom. The molecule has 1 heterocycles. The Kier molecular flexibility index (Phi) is 16.4. The lowest BCUT2D eigenvalue weighted by Crippen LogP contribution is -2.61. The van der Waals surface area contributed by atoms with Crippen molar-refractivity contribution in [2.75, 3.05) is 6.54 Å². The van der Waals surface area contributed by atoms with Crippen LogP contribution in [0.15, 0.2) is 109 Å². The first-order valence-electron chi connectivity index (χ1n) is 20.2. The highest BCUT2D eigenvalue weighted by Gasteiger charge is 2.38. The predicted octanol–water partition coefficient (Wildman–Crippen LogP) is 6.95. The van der Waals surface area contributed by atoms with Crippen molar-refractivity contribution in [2.24, 2.45) is 10.8 Å². The molecule has 0 aliphatic carbocycles. The van der Waals surface area contributed by atoms with Crippen LogP contribution in [0.2, 0.25) is 0 Å². The van der Waals surface area contributed by atoms with Gasteiger partial charge in [0.25, 0.3) is 5.91 Å². The zero-order chi connectivity index (χ0) is 44.1. The second kappa shape index (κ2) is 20.9. The normalized spacial score (nSPS) is 13.9. The van der Waals surface area contributed by atoms with Gasteiger partial charge in [-0.1, -0.05) is 133 Å². The fraction of sp³-hybridized carbons (Fsp3) is 0.426. The van der Waals surface area contributed by atoms with Gasteiger partial charge in [-0.25, -0.2) is 14.6 Å². The van der Waals surface area contributed by atoms with Crippen LogP contribution in [0.1, 0.15) is 79.0 Å². The summed E-state index contributed by atoms with van der Waals surface area (Å²) in [7, 11) is 0. The molecular weight excluding hydrogens is 761 g/mol. The molecule has 0 radical (unpaired) electrons. The topological polar surface area (TPSA) is 171 Å². The molecule has 60 heavy (non-hydrogen) atoms. The van der Waals surface area contributed by atoms with Gasteiger partial charge in [0.15, 0.2) is 0 Å². The van der Waals surface area contributed by atoms with Crippen LogP contribution >= 0.6 is 0 Å². The lowest BCUT2D eigenvalue weighted by atomic mass is 9.85. The molecule has 4 unspecified atom stereocenters. The van der Waals surface area contributed by atoms with Gasteiger partial charge in [0.05, 0.1) is 17.8 Å². The molecule has 1 aromatic heterocycles. The summed E-state index contributed by atoms with van der Waals surface area (Å²) >= 11 is 0. The van der Waals surface area contributed by atoms with Crippen molar-refractivity contribution in [1.29, 1.82) is 0 Å². The number of aliphatic hydroxyl groups is 1. The molecule has 0 saturated heterocycles. The zero-order valence-corrected chi connectivity index (χ0v) is 36.3. The summed E-state index contributed by atoms with van der Waals surface area (Å²) in [5.74, 6) is -1.05. The summed E-state index contributed by atoms with van der Waals surface area (Å²) in [6.07, 6.45) is -0.796. The molecule has 0 aliphatic rings. The van der Waals surface area contributed by atoms with Crippen LogP contribution in [0, 0.1) is 10.8 Å². The molecule has 3 aromatic carbocycles. The van der Waals surface area contributed by atoms with E-state index in [1.807, 2.05) is 145 Å². The predicted molar refractivity (Wildman–Crippen MR) is 232 cm³/mol. The van der Waals surface area contributed by atoms with E-state index in [0.717, 1.165) is 27.9 Å². The van der Waals surface area contributed by atoms with E-state index in [4.69, 9.17) is 9.47 Å². The van der Waals surface area contributed by atoms with Gasteiger partial charge in [0.2, 0.25) is 5.91 Å². The van der Waals surface area contributed by atoms with Crippen molar-refractivity contribution in [3.05, 3.63) is 126 Å². The number of carbonyl (C=O) groups is 4. The average Bonchev–Trinajstić information content (AvgIpc) is 3.17. The smallest absolute Gasteiger partial charge is 0.408 e. The van der Waals surface area contributed by atoms with Gasteiger partial charge >= 0.3 is 12.2 Å². The summed E-state index contributed by atoms with van der Waals surface area (Å²) in [6.45, 7) is 16.2. The highest BCUT2D eigenvalue weighted by atomic mass is 16.6. The number of amides is 4. The molecule has 0 fully saturated rings. The van der Waals surface area contributed by atoms with E-state index >= 15 is 0 Å². The number of nitrogens with zero attached hydrogens (tertiary/aromatic N) is 2. The van der Waals surface area contributed by atoms with Crippen molar-refractivity contribution in [3.8, 4) is 11.3 Å². The number of aromatic nitrogens is 1. The Morgan fingerprint density at radius 1 is 0.650 bits per heavy atom. The van der Waals surface area contributed by atoms with Crippen LogP contribution < -0.4 is 21.4 Å². The molecule has 4 aromatic rings. The molecule has 13 heteroatoms. The van der Waals surface area contributed by atoms with Crippen LogP contribution in [0.5, 0.6) is 0 Å². The second-order valence-corrected chi connectivity index (χ2v) is 18.1. The minimum Gasteiger partial charge on any atom is -0.445 e. The number of benzene rings is 3. The quantitative estimate of drug-likeness (QED) is 0.0751. The first kappa shape index (κ1) is 46.9. The average molecular weight is 823 g/mol.